The standard InChI is InChI=1S/C13H17N3O5/c1-7-6-15-9(8(2)10(7)16(20)21)5-13(3,12(18)19)11(17)14-4/h6H,5H2,1-4H3,(H,14,17)(H,18,19). The topological polar surface area (TPSA) is 122 Å². The molecule has 1 atom stereocenters. The number of carboxylic acid groups (broad SMARTS) is 1. The largest absolute Gasteiger partial charge is 0.480 e. The number of nitro groups is 1. The highest BCUT2D eigenvalue weighted by atomic mass is 16.6. The summed E-state index contributed by atoms with van der Waals surface area (Å²) in [6.45, 7) is 4.32. The van der Waals surface area contributed by atoms with Crippen molar-refractivity contribution in [2.45, 2.75) is 27.2 Å². The van der Waals surface area contributed by atoms with E-state index >= 15 is 0 Å². The Kier molecular flexibility index (Phi) is 4.62. The number of carboxylic acids is 1. The molecule has 8 nitrogen and oxygen atoms in total. The Balaban J connectivity index is 3.36. The van der Waals surface area contributed by atoms with Crippen molar-refractivity contribution in [1.29, 1.82) is 0 Å². The number of aryl methyl sites for hydroxylation is 1. The van der Waals surface area contributed by atoms with Crippen LogP contribution in [0, 0.1) is 29.4 Å². The van der Waals surface area contributed by atoms with Gasteiger partial charge in [-0.15, -0.1) is 0 Å². The van der Waals surface area contributed by atoms with E-state index in [4.69, 9.17) is 0 Å². The number of hydrogen-bond donors (Lipinski definition) is 2. The number of pyridine rings is 1. The normalized spacial score (nSPS) is 13.3. The molecule has 1 unspecified atom stereocenters. The van der Waals surface area contributed by atoms with Crippen LogP contribution < -0.4 is 5.32 Å². The van der Waals surface area contributed by atoms with Gasteiger partial charge in [0, 0.05) is 30.8 Å². The molecule has 1 aromatic heterocycles. The number of hydrogen-bond acceptors (Lipinski definition) is 5. The number of rotatable bonds is 5. The van der Waals surface area contributed by atoms with Crippen LogP contribution in [0.1, 0.15) is 23.7 Å². The van der Waals surface area contributed by atoms with Crippen molar-refractivity contribution in [1.82, 2.24) is 10.3 Å². The van der Waals surface area contributed by atoms with Gasteiger partial charge < -0.3 is 10.4 Å². The van der Waals surface area contributed by atoms with Crippen molar-refractivity contribution in [3.8, 4) is 0 Å². The van der Waals surface area contributed by atoms with Crippen molar-refractivity contribution >= 4 is 17.6 Å². The smallest absolute Gasteiger partial charge is 0.319 e. The van der Waals surface area contributed by atoms with Gasteiger partial charge in [0.2, 0.25) is 5.91 Å². The summed E-state index contributed by atoms with van der Waals surface area (Å²) in [5, 5.41) is 22.7. The van der Waals surface area contributed by atoms with Gasteiger partial charge in [-0.1, -0.05) is 0 Å². The predicted molar refractivity (Wildman–Crippen MR) is 73.9 cm³/mol. The number of nitrogens with zero attached hydrogens (tertiary/aromatic N) is 2. The summed E-state index contributed by atoms with van der Waals surface area (Å²) in [7, 11) is 1.33. The van der Waals surface area contributed by atoms with Crippen LogP contribution in [0.15, 0.2) is 6.20 Å². The number of amides is 1. The average Bonchev–Trinajstić information content (AvgIpc) is 2.40. The molecule has 21 heavy (non-hydrogen) atoms. The second-order valence-corrected chi connectivity index (χ2v) is 5.01. The van der Waals surface area contributed by atoms with Crippen LogP contribution in [-0.2, 0) is 16.0 Å². The molecule has 0 spiro atoms. The predicted octanol–water partition coefficient (Wildman–Crippen LogP) is 0.986. The minimum Gasteiger partial charge on any atom is -0.480 e. The molecular weight excluding hydrogens is 278 g/mol. The monoisotopic (exact) mass is 295 g/mol. The van der Waals surface area contributed by atoms with Crippen LogP contribution in [0.5, 0.6) is 0 Å². The molecule has 0 aromatic carbocycles. The first kappa shape index (κ1) is 16.5. The Hall–Kier alpha value is -2.51. The molecule has 1 rings (SSSR count). The minimum atomic E-state index is -1.74. The average molecular weight is 295 g/mol. The summed E-state index contributed by atoms with van der Waals surface area (Å²) in [6, 6.07) is 0. The van der Waals surface area contributed by atoms with Gasteiger partial charge in [0.05, 0.1) is 10.6 Å². The van der Waals surface area contributed by atoms with Crippen molar-refractivity contribution in [2.75, 3.05) is 7.05 Å². The fraction of sp³-hybridized carbons (Fsp3) is 0.462. The lowest BCUT2D eigenvalue weighted by Crippen LogP contribution is -2.45. The van der Waals surface area contributed by atoms with E-state index in [0.717, 1.165) is 0 Å². The Morgan fingerprint density at radius 2 is 2.05 bits per heavy atom. The van der Waals surface area contributed by atoms with E-state index in [1.807, 2.05) is 0 Å². The van der Waals surface area contributed by atoms with Crippen molar-refractivity contribution in [2.24, 2.45) is 5.41 Å². The third-order valence-corrected chi connectivity index (χ3v) is 3.48. The maximum Gasteiger partial charge on any atom is 0.319 e. The molecule has 0 fully saturated rings. The molecule has 8 heteroatoms. The molecule has 0 aliphatic rings. The van der Waals surface area contributed by atoms with E-state index in [-0.39, 0.29) is 23.4 Å². The van der Waals surface area contributed by atoms with Gasteiger partial charge in [-0.25, -0.2) is 0 Å². The molecule has 2 N–H and O–H groups in total. The quantitative estimate of drug-likeness (QED) is 0.474. The summed E-state index contributed by atoms with van der Waals surface area (Å²) < 4.78 is 0. The Bertz CT molecular complexity index is 614. The van der Waals surface area contributed by atoms with Crippen molar-refractivity contribution in [3.05, 3.63) is 33.1 Å². The Morgan fingerprint density at radius 1 is 1.48 bits per heavy atom. The van der Waals surface area contributed by atoms with Gasteiger partial charge in [0.25, 0.3) is 5.69 Å². The summed E-state index contributed by atoms with van der Waals surface area (Å²) in [5.74, 6) is -1.99. The van der Waals surface area contributed by atoms with Gasteiger partial charge in [0.1, 0.15) is 5.41 Å². The number of carbonyl (C=O) groups is 2. The molecular formula is C13H17N3O5. The second kappa shape index (κ2) is 5.86. The molecule has 0 saturated heterocycles. The van der Waals surface area contributed by atoms with Crippen LogP contribution in [0.25, 0.3) is 0 Å². The fourth-order valence-electron chi connectivity index (χ4n) is 2.09. The lowest BCUT2D eigenvalue weighted by atomic mass is 9.83. The summed E-state index contributed by atoms with van der Waals surface area (Å²) in [4.78, 5) is 37.8. The number of nitrogens with one attached hydrogen (secondary N) is 1. The highest BCUT2D eigenvalue weighted by molar-refractivity contribution is 6.01. The van der Waals surface area contributed by atoms with E-state index in [1.165, 1.54) is 27.1 Å². The number of aliphatic carboxylic acids is 1. The fourth-order valence-corrected chi connectivity index (χ4v) is 2.09. The maximum atomic E-state index is 11.8. The minimum absolute atomic E-state index is 0.107. The second-order valence-electron chi connectivity index (χ2n) is 5.01. The molecule has 0 aliphatic heterocycles. The van der Waals surface area contributed by atoms with Crippen molar-refractivity contribution in [3.63, 3.8) is 0 Å². The van der Waals surface area contributed by atoms with E-state index in [1.54, 1.807) is 6.92 Å². The molecule has 1 aromatic rings. The van der Waals surface area contributed by atoms with E-state index in [0.29, 0.717) is 5.56 Å². The van der Waals surface area contributed by atoms with Crippen LogP contribution in [-0.4, -0.2) is 33.9 Å². The number of aromatic nitrogens is 1. The zero-order chi connectivity index (χ0) is 16.4. The van der Waals surface area contributed by atoms with Gasteiger partial charge in [0.15, 0.2) is 0 Å². The SMILES string of the molecule is CNC(=O)C(C)(Cc1ncc(C)c([N+](=O)[O-])c1C)C(=O)O. The zero-order valence-electron chi connectivity index (χ0n) is 12.3. The van der Waals surface area contributed by atoms with Crippen LogP contribution in [0.3, 0.4) is 0 Å². The first-order valence-electron chi connectivity index (χ1n) is 6.20. The highest BCUT2D eigenvalue weighted by Crippen LogP contribution is 2.29. The molecule has 0 bridgehead atoms. The van der Waals surface area contributed by atoms with Gasteiger partial charge in [-0.05, 0) is 20.8 Å². The molecule has 114 valence electrons. The van der Waals surface area contributed by atoms with E-state index < -0.39 is 22.2 Å². The lowest BCUT2D eigenvalue weighted by Gasteiger charge is -2.23. The summed E-state index contributed by atoms with van der Waals surface area (Å²) in [5.41, 5.74) is -0.963. The van der Waals surface area contributed by atoms with Crippen molar-refractivity contribution < 1.29 is 19.6 Å². The Morgan fingerprint density at radius 3 is 2.48 bits per heavy atom. The van der Waals surface area contributed by atoms with E-state index in [2.05, 4.69) is 10.3 Å². The van der Waals surface area contributed by atoms with Crippen LogP contribution in [0.2, 0.25) is 0 Å². The summed E-state index contributed by atoms with van der Waals surface area (Å²) in [6.07, 6.45) is 1.08. The zero-order valence-corrected chi connectivity index (χ0v) is 12.3. The first-order valence-corrected chi connectivity index (χ1v) is 6.20. The Labute approximate surface area is 121 Å². The molecule has 0 aliphatic carbocycles. The third kappa shape index (κ3) is 2.99. The van der Waals surface area contributed by atoms with Gasteiger partial charge >= 0.3 is 5.97 Å². The summed E-state index contributed by atoms with van der Waals surface area (Å²) >= 11 is 0. The van der Waals surface area contributed by atoms with Gasteiger partial charge in [-0.3, -0.25) is 24.7 Å². The molecule has 1 heterocycles. The van der Waals surface area contributed by atoms with E-state index in [9.17, 15) is 24.8 Å². The van der Waals surface area contributed by atoms with Gasteiger partial charge in [-0.2, -0.15) is 0 Å². The molecule has 0 radical (unpaired) electrons. The molecule has 0 saturated carbocycles. The molecule has 1 amide bonds. The van der Waals surface area contributed by atoms with Crippen LogP contribution in [0.4, 0.5) is 5.69 Å². The maximum absolute atomic E-state index is 11.8. The van der Waals surface area contributed by atoms with Crippen LogP contribution >= 0.6 is 0 Å². The highest BCUT2D eigenvalue weighted by Gasteiger charge is 2.42. The third-order valence-electron chi connectivity index (χ3n) is 3.48. The lowest BCUT2D eigenvalue weighted by molar-refractivity contribution is -0.386. The first-order chi connectivity index (χ1) is 9.65. The number of carbonyl (C=O) groups excluding carboxylic acids is 1.